The quantitative estimate of drug-likeness (QED) is 0.741. The van der Waals surface area contributed by atoms with Crippen molar-refractivity contribution in [3.63, 3.8) is 0 Å². The van der Waals surface area contributed by atoms with Crippen molar-refractivity contribution in [2.75, 3.05) is 13.6 Å². The van der Waals surface area contributed by atoms with E-state index in [9.17, 15) is 9.90 Å². The van der Waals surface area contributed by atoms with Crippen molar-refractivity contribution in [1.29, 1.82) is 0 Å². The first-order valence-corrected chi connectivity index (χ1v) is 8.96. The van der Waals surface area contributed by atoms with Crippen LogP contribution in [0.1, 0.15) is 32.4 Å². The van der Waals surface area contributed by atoms with Crippen molar-refractivity contribution in [3.8, 4) is 0 Å². The molecule has 3 aromatic rings. The van der Waals surface area contributed by atoms with E-state index in [1.165, 1.54) is 0 Å². The van der Waals surface area contributed by atoms with Crippen molar-refractivity contribution >= 4 is 11.0 Å². The van der Waals surface area contributed by atoms with Crippen LogP contribution in [0.25, 0.3) is 11.0 Å². The summed E-state index contributed by atoms with van der Waals surface area (Å²) in [5, 5.41) is 13.9. The number of rotatable bonds is 5. The highest BCUT2D eigenvalue weighted by atomic mass is 16.3. The smallest absolute Gasteiger partial charge is 0.330 e. The Hall–Kier alpha value is -2.37. The molecule has 2 unspecified atom stereocenters. The maximum atomic E-state index is 13.5. The lowest BCUT2D eigenvalue weighted by Crippen LogP contribution is -2.41. The van der Waals surface area contributed by atoms with Gasteiger partial charge in [0.05, 0.1) is 23.2 Å². The number of likely N-dealkylation sites (N-methyl/N-ethyl adjacent to an activating group) is 1. The van der Waals surface area contributed by atoms with Gasteiger partial charge in [-0.15, -0.1) is 0 Å². The number of para-hydroxylation sites is 2. The molecule has 3 rings (SSSR count). The first-order valence-electron chi connectivity index (χ1n) is 8.96. The first-order chi connectivity index (χ1) is 12.4. The van der Waals surface area contributed by atoms with E-state index in [1.54, 1.807) is 11.6 Å². The van der Waals surface area contributed by atoms with Crippen LogP contribution in [0, 0.1) is 0 Å². The minimum atomic E-state index is -0.737. The van der Waals surface area contributed by atoms with Gasteiger partial charge in [-0.3, -0.25) is 9.13 Å². The Labute approximate surface area is 153 Å². The van der Waals surface area contributed by atoms with Crippen molar-refractivity contribution in [2.45, 2.75) is 38.5 Å². The molecule has 0 aliphatic carbocycles. The van der Waals surface area contributed by atoms with Crippen LogP contribution in [-0.4, -0.2) is 33.9 Å². The van der Waals surface area contributed by atoms with Crippen LogP contribution >= 0.6 is 0 Å². The minimum absolute atomic E-state index is 0.109. The number of hydrogen-bond donors (Lipinski definition) is 2. The number of nitrogens with one attached hydrogen (secondary N) is 1. The topological polar surface area (TPSA) is 59.2 Å². The summed E-state index contributed by atoms with van der Waals surface area (Å²) < 4.78 is 3.54. The third-order valence-corrected chi connectivity index (χ3v) is 4.65. The second kappa shape index (κ2) is 7.09. The average Bonchev–Trinajstić information content (AvgIpc) is 2.89. The van der Waals surface area contributed by atoms with E-state index < -0.39 is 12.1 Å². The Morgan fingerprint density at radius 1 is 1.00 bits per heavy atom. The number of fused-ring (bicyclic) bond motifs is 1. The molecule has 0 radical (unpaired) electrons. The van der Waals surface area contributed by atoms with E-state index in [2.05, 4.69) is 5.32 Å². The number of aliphatic hydroxyl groups is 1. The van der Waals surface area contributed by atoms with Gasteiger partial charge in [-0.2, -0.15) is 0 Å². The van der Waals surface area contributed by atoms with Crippen LogP contribution in [0.4, 0.5) is 0 Å². The summed E-state index contributed by atoms with van der Waals surface area (Å²) in [6.07, 6.45) is -0.737. The lowest BCUT2D eigenvalue weighted by Gasteiger charge is -2.25. The molecule has 0 fully saturated rings. The molecule has 0 aliphatic heterocycles. The molecule has 138 valence electrons. The normalized spacial score (nSPS) is 14.5. The number of nitrogens with zero attached hydrogens (tertiary/aromatic N) is 2. The van der Waals surface area contributed by atoms with Gasteiger partial charge in [0.1, 0.15) is 0 Å². The molecule has 2 atom stereocenters. The second-order valence-electron chi connectivity index (χ2n) is 7.63. The molecule has 5 nitrogen and oxygen atoms in total. The summed E-state index contributed by atoms with van der Waals surface area (Å²) in [4.78, 5) is 13.5. The van der Waals surface area contributed by atoms with E-state index in [-0.39, 0.29) is 11.2 Å². The molecule has 0 aliphatic rings. The zero-order chi connectivity index (χ0) is 18.9. The molecule has 1 aromatic heterocycles. The van der Waals surface area contributed by atoms with E-state index >= 15 is 0 Å². The van der Waals surface area contributed by atoms with Crippen LogP contribution in [-0.2, 0) is 5.54 Å². The molecule has 0 amide bonds. The van der Waals surface area contributed by atoms with Crippen LogP contribution < -0.4 is 11.0 Å². The monoisotopic (exact) mass is 353 g/mol. The van der Waals surface area contributed by atoms with Gasteiger partial charge in [-0.1, -0.05) is 42.5 Å². The number of aliphatic hydroxyl groups excluding tert-OH is 1. The first kappa shape index (κ1) is 18.4. The number of aromatic nitrogens is 2. The zero-order valence-corrected chi connectivity index (χ0v) is 15.8. The fourth-order valence-electron chi connectivity index (χ4n) is 3.60. The minimum Gasteiger partial charge on any atom is -0.389 e. The maximum absolute atomic E-state index is 13.5. The van der Waals surface area contributed by atoms with Crippen LogP contribution in [0.5, 0.6) is 0 Å². The highest BCUT2D eigenvalue weighted by Gasteiger charge is 2.30. The van der Waals surface area contributed by atoms with E-state index in [0.717, 1.165) is 16.6 Å². The Kier molecular flexibility index (Phi) is 5.03. The summed E-state index contributed by atoms with van der Waals surface area (Å²) in [7, 11) is 1.80. The number of hydrogen-bond acceptors (Lipinski definition) is 3. The molecule has 2 aromatic carbocycles. The summed E-state index contributed by atoms with van der Waals surface area (Å²) >= 11 is 0. The molecule has 1 heterocycles. The average molecular weight is 353 g/mol. The van der Waals surface area contributed by atoms with Gasteiger partial charge in [0, 0.05) is 12.1 Å². The van der Waals surface area contributed by atoms with Gasteiger partial charge in [-0.05, 0) is 45.5 Å². The molecular formula is C21H27N3O2. The summed E-state index contributed by atoms with van der Waals surface area (Å²) in [5.41, 5.74) is 2.15. The van der Waals surface area contributed by atoms with Crippen LogP contribution in [0.3, 0.4) is 0 Å². The summed E-state index contributed by atoms with van der Waals surface area (Å²) in [6, 6.07) is 17.0. The lowest BCUT2D eigenvalue weighted by atomic mass is 10.0. The lowest BCUT2D eigenvalue weighted by molar-refractivity contribution is 0.129. The molecular weight excluding hydrogens is 326 g/mol. The van der Waals surface area contributed by atoms with E-state index in [0.29, 0.717) is 6.54 Å². The van der Waals surface area contributed by atoms with Gasteiger partial charge in [-0.25, -0.2) is 4.79 Å². The Balaban J connectivity index is 2.33. The van der Waals surface area contributed by atoms with Gasteiger partial charge >= 0.3 is 5.69 Å². The van der Waals surface area contributed by atoms with Gasteiger partial charge in [0.25, 0.3) is 0 Å². The fourth-order valence-corrected chi connectivity index (χ4v) is 3.60. The molecule has 5 heteroatoms. The van der Waals surface area contributed by atoms with Gasteiger partial charge in [0.15, 0.2) is 0 Å². The molecule has 0 saturated carbocycles. The molecule has 0 bridgehead atoms. The second-order valence-corrected chi connectivity index (χ2v) is 7.63. The summed E-state index contributed by atoms with van der Waals surface area (Å²) in [5.74, 6) is 0. The predicted molar refractivity (Wildman–Crippen MR) is 106 cm³/mol. The molecule has 2 N–H and O–H groups in total. The van der Waals surface area contributed by atoms with Gasteiger partial charge in [0.2, 0.25) is 0 Å². The zero-order valence-electron chi connectivity index (χ0n) is 15.8. The third-order valence-electron chi connectivity index (χ3n) is 4.65. The molecule has 0 spiro atoms. The van der Waals surface area contributed by atoms with Gasteiger partial charge < -0.3 is 10.4 Å². The molecule has 0 saturated heterocycles. The van der Waals surface area contributed by atoms with E-state index in [1.807, 2.05) is 79.9 Å². The Morgan fingerprint density at radius 3 is 2.15 bits per heavy atom. The SMILES string of the molecule is CNCC(O)C(c1ccccc1)n1c(=O)n(C(C)(C)C)c2ccccc21. The largest absolute Gasteiger partial charge is 0.389 e. The summed E-state index contributed by atoms with van der Waals surface area (Å²) in [6.45, 7) is 6.45. The number of benzene rings is 2. The Morgan fingerprint density at radius 2 is 1.58 bits per heavy atom. The third kappa shape index (κ3) is 3.20. The highest BCUT2D eigenvalue weighted by Crippen LogP contribution is 2.28. The van der Waals surface area contributed by atoms with Crippen molar-refractivity contribution in [3.05, 3.63) is 70.6 Å². The van der Waals surface area contributed by atoms with Crippen molar-refractivity contribution in [1.82, 2.24) is 14.5 Å². The van der Waals surface area contributed by atoms with Crippen LogP contribution in [0.15, 0.2) is 59.4 Å². The van der Waals surface area contributed by atoms with Crippen molar-refractivity contribution < 1.29 is 5.11 Å². The number of imidazole rings is 1. The van der Waals surface area contributed by atoms with Crippen LogP contribution in [0.2, 0.25) is 0 Å². The molecule has 26 heavy (non-hydrogen) atoms. The Bertz CT molecular complexity index is 935. The fraction of sp³-hybridized carbons (Fsp3) is 0.381. The van der Waals surface area contributed by atoms with E-state index in [4.69, 9.17) is 0 Å². The standard InChI is InChI=1S/C21H27N3O2/c1-21(2,3)24-17-13-9-8-12-16(17)23(20(24)26)19(18(25)14-22-4)15-10-6-5-7-11-15/h5-13,18-19,22,25H,14H2,1-4H3. The maximum Gasteiger partial charge on any atom is 0.330 e. The van der Waals surface area contributed by atoms with Crippen molar-refractivity contribution in [2.24, 2.45) is 0 Å². The highest BCUT2D eigenvalue weighted by molar-refractivity contribution is 5.76. The predicted octanol–water partition coefficient (Wildman–Crippen LogP) is 2.73.